The van der Waals surface area contributed by atoms with Crippen LogP contribution >= 0.6 is 0 Å². The zero-order valence-electron chi connectivity index (χ0n) is 45.0. The van der Waals surface area contributed by atoms with E-state index in [2.05, 4.69) is 19.2 Å². The van der Waals surface area contributed by atoms with E-state index in [1.807, 2.05) is 0 Å². The summed E-state index contributed by atoms with van der Waals surface area (Å²) in [6.45, 7) is 4.94. The van der Waals surface area contributed by atoms with Gasteiger partial charge < -0.3 is 20.3 Å². The van der Waals surface area contributed by atoms with Crippen molar-refractivity contribution in [2.24, 2.45) is 0 Å². The van der Waals surface area contributed by atoms with Crippen molar-refractivity contribution in [2.45, 2.75) is 360 Å². The molecule has 0 fully saturated rings. The van der Waals surface area contributed by atoms with Crippen LogP contribution in [0.15, 0.2) is 0 Å². The molecular formula is C60H119NO5. The molecule has 0 rings (SSSR count). The van der Waals surface area contributed by atoms with Crippen molar-refractivity contribution >= 4 is 11.9 Å². The summed E-state index contributed by atoms with van der Waals surface area (Å²) >= 11 is 0. The first kappa shape index (κ1) is 64.9. The zero-order valence-corrected chi connectivity index (χ0v) is 45.0. The van der Waals surface area contributed by atoms with Gasteiger partial charge in [0.2, 0.25) is 5.91 Å². The molecule has 2 atom stereocenters. The average Bonchev–Trinajstić information content (AvgIpc) is 3.32. The maximum atomic E-state index is 12.5. The van der Waals surface area contributed by atoms with Crippen molar-refractivity contribution in [3.05, 3.63) is 0 Å². The molecule has 1 amide bonds. The predicted molar refractivity (Wildman–Crippen MR) is 287 cm³/mol. The lowest BCUT2D eigenvalue weighted by atomic mass is 10.0. The van der Waals surface area contributed by atoms with Gasteiger partial charge in [-0.15, -0.1) is 0 Å². The predicted octanol–water partition coefficient (Wildman–Crippen LogP) is 18.7. The van der Waals surface area contributed by atoms with Crippen LogP contribution in [0.1, 0.15) is 348 Å². The van der Waals surface area contributed by atoms with Gasteiger partial charge in [0.1, 0.15) is 0 Å². The van der Waals surface area contributed by atoms with E-state index in [0.29, 0.717) is 25.9 Å². The van der Waals surface area contributed by atoms with Gasteiger partial charge in [-0.25, -0.2) is 0 Å². The monoisotopic (exact) mass is 934 g/mol. The first-order valence-corrected chi connectivity index (χ1v) is 30.3. The summed E-state index contributed by atoms with van der Waals surface area (Å²) in [7, 11) is 0. The average molecular weight is 935 g/mol. The van der Waals surface area contributed by atoms with Crippen LogP contribution in [0.25, 0.3) is 0 Å². The first-order valence-electron chi connectivity index (χ1n) is 30.3. The normalized spacial score (nSPS) is 12.5. The lowest BCUT2D eigenvalue weighted by molar-refractivity contribution is -0.143. The quantitative estimate of drug-likeness (QED) is 0.0417. The number of esters is 1. The molecule has 0 saturated heterocycles. The number of aliphatic hydroxyl groups is 2. The summed E-state index contributed by atoms with van der Waals surface area (Å²) in [5.74, 6) is -0.0657. The number of carbonyl (C=O) groups excluding carboxylic acids is 2. The molecule has 66 heavy (non-hydrogen) atoms. The highest BCUT2D eigenvalue weighted by molar-refractivity contribution is 5.76. The Balaban J connectivity index is 3.44. The number of carbonyl (C=O) groups is 2. The van der Waals surface area contributed by atoms with E-state index in [1.54, 1.807) is 0 Å². The lowest BCUT2D eigenvalue weighted by Gasteiger charge is -2.22. The minimum Gasteiger partial charge on any atom is -0.466 e. The number of aliphatic hydroxyl groups excluding tert-OH is 2. The molecule has 0 saturated carbocycles. The molecule has 6 heteroatoms. The van der Waals surface area contributed by atoms with Crippen molar-refractivity contribution in [3.63, 3.8) is 0 Å². The highest BCUT2D eigenvalue weighted by Gasteiger charge is 2.20. The molecule has 0 spiro atoms. The number of unbranched alkanes of at least 4 members (excludes halogenated alkanes) is 46. The largest absolute Gasteiger partial charge is 0.466 e. The molecule has 0 radical (unpaired) electrons. The second kappa shape index (κ2) is 56.4. The van der Waals surface area contributed by atoms with Crippen LogP contribution < -0.4 is 5.32 Å². The van der Waals surface area contributed by atoms with E-state index in [9.17, 15) is 19.8 Å². The zero-order chi connectivity index (χ0) is 47.9. The van der Waals surface area contributed by atoms with E-state index in [1.165, 1.54) is 257 Å². The molecule has 0 aliphatic carbocycles. The summed E-state index contributed by atoms with van der Waals surface area (Å²) in [5.41, 5.74) is 0. The molecule has 0 aromatic rings. The summed E-state index contributed by atoms with van der Waals surface area (Å²) in [6, 6.07) is -0.558. The van der Waals surface area contributed by atoms with Crippen LogP contribution in [0.3, 0.4) is 0 Å². The first-order chi connectivity index (χ1) is 32.5. The summed E-state index contributed by atoms with van der Waals surface area (Å²) in [6.07, 6.45) is 65.3. The van der Waals surface area contributed by atoms with Crippen LogP contribution in [0.5, 0.6) is 0 Å². The second-order valence-electron chi connectivity index (χ2n) is 21.1. The molecule has 0 heterocycles. The van der Waals surface area contributed by atoms with Crippen LogP contribution in [0, 0.1) is 0 Å². The van der Waals surface area contributed by atoms with Gasteiger partial charge in [0.05, 0.1) is 25.4 Å². The third-order valence-electron chi connectivity index (χ3n) is 14.4. The van der Waals surface area contributed by atoms with Gasteiger partial charge in [0.15, 0.2) is 0 Å². The molecule has 2 unspecified atom stereocenters. The van der Waals surface area contributed by atoms with Crippen molar-refractivity contribution in [2.75, 3.05) is 13.2 Å². The highest BCUT2D eigenvalue weighted by Crippen LogP contribution is 2.18. The Hall–Kier alpha value is -1.14. The molecule has 0 aromatic carbocycles. The molecule has 6 nitrogen and oxygen atoms in total. The Bertz CT molecular complexity index is 944. The minimum atomic E-state index is -0.678. The Morgan fingerprint density at radius 1 is 0.364 bits per heavy atom. The summed E-state index contributed by atoms with van der Waals surface area (Å²) in [5, 5.41) is 23.3. The Labute approximate surface area is 413 Å². The fraction of sp³-hybridized carbons (Fsp3) is 0.967. The van der Waals surface area contributed by atoms with Crippen LogP contribution in [-0.2, 0) is 14.3 Å². The molecule has 0 aliphatic rings. The fourth-order valence-corrected chi connectivity index (χ4v) is 9.76. The van der Waals surface area contributed by atoms with Gasteiger partial charge in [-0.3, -0.25) is 9.59 Å². The lowest BCUT2D eigenvalue weighted by Crippen LogP contribution is -2.45. The van der Waals surface area contributed by atoms with Crippen LogP contribution in [0.2, 0.25) is 0 Å². The smallest absolute Gasteiger partial charge is 0.305 e. The number of hydrogen-bond donors (Lipinski definition) is 3. The Morgan fingerprint density at radius 3 is 0.924 bits per heavy atom. The maximum Gasteiger partial charge on any atom is 0.305 e. The molecule has 0 aromatic heterocycles. The topological polar surface area (TPSA) is 95.9 Å². The van der Waals surface area contributed by atoms with E-state index in [-0.39, 0.29) is 18.5 Å². The van der Waals surface area contributed by atoms with Crippen LogP contribution in [0.4, 0.5) is 0 Å². The van der Waals surface area contributed by atoms with Crippen molar-refractivity contribution in [3.8, 4) is 0 Å². The van der Waals surface area contributed by atoms with Gasteiger partial charge in [-0.2, -0.15) is 0 Å². The number of hydrogen-bond acceptors (Lipinski definition) is 5. The Kier molecular flexibility index (Phi) is 55.5. The second-order valence-corrected chi connectivity index (χ2v) is 21.1. The highest BCUT2D eigenvalue weighted by atomic mass is 16.5. The number of rotatable bonds is 57. The Morgan fingerprint density at radius 2 is 0.621 bits per heavy atom. The van der Waals surface area contributed by atoms with Gasteiger partial charge in [0, 0.05) is 12.8 Å². The number of amides is 1. The summed E-state index contributed by atoms with van der Waals surface area (Å²) in [4.78, 5) is 24.6. The van der Waals surface area contributed by atoms with Gasteiger partial charge in [0.25, 0.3) is 0 Å². The van der Waals surface area contributed by atoms with Gasteiger partial charge in [-0.1, -0.05) is 309 Å². The maximum absolute atomic E-state index is 12.5. The number of nitrogens with one attached hydrogen (secondary N) is 1. The molecular weight excluding hydrogens is 815 g/mol. The summed E-state index contributed by atoms with van der Waals surface area (Å²) < 4.78 is 5.48. The van der Waals surface area contributed by atoms with E-state index >= 15 is 0 Å². The third-order valence-corrected chi connectivity index (χ3v) is 14.4. The SMILES string of the molecule is CCCCCCCCCCCCCCCCCCCCCCCCC(O)C(CO)NC(=O)CCCCCCCCCCCCOC(=O)CCCCCCCCCCCCCCCCCCC. The molecule has 0 aliphatic heterocycles. The van der Waals surface area contributed by atoms with Gasteiger partial charge in [-0.05, 0) is 25.7 Å². The van der Waals surface area contributed by atoms with E-state index in [4.69, 9.17) is 4.74 Å². The van der Waals surface area contributed by atoms with Crippen molar-refractivity contribution in [1.29, 1.82) is 0 Å². The van der Waals surface area contributed by atoms with Crippen molar-refractivity contribution < 1.29 is 24.5 Å². The third kappa shape index (κ3) is 52.2. The molecule has 3 N–H and O–H groups in total. The fourth-order valence-electron chi connectivity index (χ4n) is 9.76. The molecule has 394 valence electrons. The minimum absolute atomic E-state index is 0.0132. The molecule has 0 bridgehead atoms. The standard InChI is InChI=1S/C60H119NO5/c1-3-5-7-9-11-13-15-17-19-21-22-23-24-25-27-28-30-32-36-40-44-48-52-58(63)57(56-62)61-59(64)53-49-45-41-37-34-35-39-43-47-51-55-66-60(65)54-50-46-42-38-33-31-29-26-20-18-16-14-12-10-8-6-4-2/h57-58,62-63H,3-56H2,1-2H3,(H,61,64). The van der Waals surface area contributed by atoms with Crippen molar-refractivity contribution in [1.82, 2.24) is 5.32 Å². The van der Waals surface area contributed by atoms with Gasteiger partial charge >= 0.3 is 5.97 Å². The number of ether oxygens (including phenoxy) is 1. The van der Waals surface area contributed by atoms with E-state index < -0.39 is 12.1 Å². The van der Waals surface area contributed by atoms with E-state index in [0.717, 1.165) is 57.8 Å². The van der Waals surface area contributed by atoms with Crippen LogP contribution in [-0.4, -0.2) is 47.4 Å².